The number of rotatable bonds is 6. The Labute approximate surface area is 110 Å². The minimum atomic E-state index is -1.34. The zero-order valence-corrected chi connectivity index (χ0v) is 10.7. The molecule has 104 valence electrons. The Hall–Kier alpha value is -1.65. The third-order valence-electron chi connectivity index (χ3n) is 3.45. The van der Waals surface area contributed by atoms with E-state index in [1.54, 1.807) is 0 Å². The zero-order chi connectivity index (χ0) is 14.0. The van der Waals surface area contributed by atoms with Crippen LogP contribution in [-0.4, -0.2) is 17.1 Å². The van der Waals surface area contributed by atoms with E-state index in [1.165, 1.54) is 12.8 Å². The predicted molar refractivity (Wildman–Crippen MR) is 68.4 cm³/mol. The molecule has 0 bridgehead atoms. The third-order valence-corrected chi connectivity index (χ3v) is 3.45. The molecule has 1 aromatic carbocycles. The minimum absolute atomic E-state index is 0.0205. The van der Waals surface area contributed by atoms with E-state index in [0.29, 0.717) is 5.92 Å². The van der Waals surface area contributed by atoms with E-state index in [1.807, 2.05) is 6.92 Å². The summed E-state index contributed by atoms with van der Waals surface area (Å²) in [5.74, 6) is -2.39. The number of hydrogen-bond acceptors (Lipinski definition) is 2. The third kappa shape index (κ3) is 3.43. The minimum Gasteiger partial charge on any atom is -0.478 e. The van der Waals surface area contributed by atoms with Crippen molar-refractivity contribution >= 4 is 11.7 Å². The number of benzene rings is 1. The van der Waals surface area contributed by atoms with Gasteiger partial charge in [-0.25, -0.2) is 13.6 Å². The molecule has 1 fully saturated rings. The molecule has 1 saturated carbocycles. The predicted octanol–water partition coefficient (Wildman–Crippen LogP) is 3.65. The van der Waals surface area contributed by atoms with Crippen LogP contribution in [0.5, 0.6) is 0 Å². The summed E-state index contributed by atoms with van der Waals surface area (Å²) in [6, 6.07) is 1.71. The molecule has 0 radical (unpaired) electrons. The van der Waals surface area contributed by atoms with Gasteiger partial charge in [0.15, 0.2) is 0 Å². The summed E-state index contributed by atoms with van der Waals surface area (Å²) < 4.78 is 27.5. The van der Waals surface area contributed by atoms with Crippen LogP contribution in [-0.2, 0) is 0 Å². The normalized spacial score (nSPS) is 16.2. The van der Waals surface area contributed by atoms with Crippen molar-refractivity contribution in [1.29, 1.82) is 0 Å². The monoisotopic (exact) mass is 269 g/mol. The molecule has 5 heteroatoms. The molecule has 3 nitrogen and oxygen atoms in total. The van der Waals surface area contributed by atoms with Gasteiger partial charge in [-0.05, 0) is 30.9 Å². The van der Waals surface area contributed by atoms with Gasteiger partial charge >= 0.3 is 5.97 Å². The highest BCUT2D eigenvalue weighted by Gasteiger charge is 2.26. The molecule has 0 spiro atoms. The summed E-state index contributed by atoms with van der Waals surface area (Å²) in [4.78, 5) is 10.7. The Balaban J connectivity index is 2.16. The molecule has 1 atom stereocenters. The molecular weight excluding hydrogens is 252 g/mol. The maximum absolute atomic E-state index is 13.8. The van der Waals surface area contributed by atoms with Crippen molar-refractivity contribution in [2.75, 3.05) is 5.32 Å². The smallest absolute Gasteiger partial charge is 0.335 e. The Morgan fingerprint density at radius 2 is 2.00 bits per heavy atom. The van der Waals surface area contributed by atoms with E-state index in [4.69, 9.17) is 5.11 Å². The van der Waals surface area contributed by atoms with Crippen LogP contribution < -0.4 is 5.32 Å². The zero-order valence-electron chi connectivity index (χ0n) is 10.7. The number of carbonyl (C=O) groups is 1. The highest BCUT2D eigenvalue weighted by Crippen LogP contribution is 2.35. The maximum atomic E-state index is 13.8. The lowest BCUT2D eigenvalue weighted by molar-refractivity contribution is 0.0696. The van der Waals surface area contributed by atoms with E-state index in [0.717, 1.165) is 25.0 Å². The fraction of sp³-hybridized carbons (Fsp3) is 0.500. The van der Waals surface area contributed by atoms with Crippen molar-refractivity contribution in [1.82, 2.24) is 0 Å². The number of carboxylic acids is 1. The average molecular weight is 269 g/mol. The Morgan fingerprint density at radius 1 is 1.42 bits per heavy atom. The van der Waals surface area contributed by atoms with Gasteiger partial charge in [-0.2, -0.15) is 0 Å². The number of nitrogens with one attached hydrogen (secondary N) is 1. The van der Waals surface area contributed by atoms with Crippen LogP contribution in [0.3, 0.4) is 0 Å². The van der Waals surface area contributed by atoms with Crippen LogP contribution in [0.25, 0.3) is 0 Å². The highest BCUT2D eigenvalue weighted by atomic mass is 19.1. The molecule has 1 aliphatic rings. The molecule has 2 rings (SSSR count). The van der Waals surface area contributed by atoms with Gasteiger partial charge in [0.1, 0.15) is 17.3 Å². The molecule has 0 aromatic heterocycles. The first-order valence-corrected chi connectivity index (χ1v) is 6.50. The van der Waals surface area contributed by atoms with Crippen LogP contribution >= 0.6 is 0 Å². The van der Waals surface area contributed by atoms with Gasteiger partial charge < -0.3 is 10.4 Å². The van der Waals surface area contributed by atoms with Crippen LogP contribution in [0, 0.1) is 17.6 Å². The van der Waals surface area contributed by atoms with Gasteiger partial charge in [-0.15, -0.1) is 0 Å². The maximum Gasteiger partial charge on any atom is 0.335 e. The second-order valence-electron chi connectivity index (χ2n) is 5.05. The lowest BCUT2D eigenvalue weighted by atomic mass is 10.1. The summed E-state index contributed by atoms with van der Waals surface area (Å²) in [6.45, 7) is 1.96. The van der Waals surface area contributed by atoms with Crippen LogP contribution in [0.4, 0.5) is 14.5 Å². The summed E-state index contributed by atoms with van der Waals surface area (Å²) in [6.07, 6.45) is 4.04. The molecule has 0 aliphatic heterocycles. The van der Waals surface area contributed by atoms with Crippen LogP contribution in [0.1, 0.15) is 43.0 Å². The summed E-state index contributed by atoms with van der Waals surface area (Å²) >= 11 is 0. The second-order valence-corrected chi connectivity index (χ2v) is 5.05. The van der Waals surface area contributed by atoms with Gasteiger partial charge in [0.2, 0.25) is 0 Å². The van der Waals surface area contributed by atoms with Gasteiger partial charge in [-0.3, -0.25) is 0 Å². The molecule has 1 aliphatic carbocycles. The average Bonchev–Trinajstić information content (AvgIpc) is 3.15. The number of anilines is 1. The Bertz CT molecular complexity index is 463. The van der Waals surface area contributed by atoms with E-state index >= 15 is 0 Å². The van der Waals surface area contributed by atoms with Crippen LogP contribution in [0.15, 0.2) is 12.1 Å². The lowest BCUT2D eigenvalue weighted by Crippen LogP contribution is -2.21. The molecule has 2 N–H and O–H groups in total. The van der Waals surface area contributed by atoms with Gasteiger partial charge in [0.05, 0.1) is 5.56 Å². The summed E-state index contributed by atoms with van der Waals surface area (Å²) in [7, 11) is 0. The first-order chi connectivity index (χ1) is 9.01. The lowest BCUT2D eigenvalue weighted by Gasteiger charge is -2.19. The summed E-state index contributed by atoms with van der Waals surface area (Å²) in [5.41, 5.74) is -0.603. The molecule has 0 heterocycles. The Kier molecular flexibility index (Phi) is 4.02. The Morgan fingerprint density at radius 3 is 2.42 bits per heavy atom. The molecule has 1 aromatic rings. The molecular formula is C14H17F2NO2. The quantitative estimate of drug-likeness (QED) is 0.828. The number of halogens is 2. The van der Waals surface area contributed by atoms with Gasteiger partial charge in [-0.1, -0.05) is 19.8 Å². The first-order valence-electron chi connectivity index (χ1n) is 6.50. The van der Waals surface area contributed by atoms with Crippen molar-refractivity contribution in [3.05, 3.63) is 29.3 Å². The first kappa shape index (κ1) is 13.8. The topological polar surface area (TPSA) is 49.3 Å². The van der Waals surface area contributed by atoms with Crippen LogP contribution in [0.2, 0.25) is 0 Å². The SMILES string of the molecule is CCC(CC1CC1)Nc1c(F)cc(C(=O)O)cc1F. The van der Waals surface area contributed by atoms with Crippen molar-refractivity contribution in [3.8, 4) is 0 Å². The standard InChI is InChI=1S/C14H17F2NO2/c1-2-10(5-8-3-4-8)17-13-11(15)6-9(14(18)19)7-12(13)16/h6-8,10,17H,2-5H2,1H3,(H,18,19). The largest absolute Gasteiger partial charge is 0.478 e. The molecule has 0 saturated heterocycles. The van der Waals surface area contributed by atoms with E-state index in [9.17, 15) is 13.6 Å². The van der Waals surface area contributed by atoms with E-state index in [2.05, 4.69) is 5.32 Å². The van der Waals surface area contributed by atoms with Crippen molar-refractivity contribution in [3.63, 3.8) is 0 Å². The van der Waals surface area contributed by atoms with Gasteiger partial charge in [0, 0.05) is 6.04 Å². The van der Waals surface area contributed by atoms with E-state index in [-0.39, 0.29) is 17.3 Å². The number of aromatic carboxylic acids is 1. The highest BCUT2D eigenvalue weighted by molar-refractivity contribution is 5.88. The molecule has 19 heavy (non-hydrogen) atoms. The van der Waals surface area contributed by atoms with Crippen molar-refractivity contribution in [2.45, 2.75) is 38.6 Å². The fourth-order valence-corrected chi connectivity index (χ4v) is 2.12. The molecule has 0 amide bonds. The van der Waals surface area contributed by atoms with Gasteiger partial charge in [0.25, 0.3) is 0 Å². The molecule has 1 unspecified atom stereocenters. The number of hydrogen-bond donors (Lipinski definition) is 2. The second kappa shape index (κ2) is 5.55. The summed E-state index contributed by atoms with van der Waals surface area (Å²) in [5, 5.41) is 11.6. The van der Waals surface area contributed by atoms with Crippen molar-refractivity contribution < 1.29 is 18.7 Å². The van der Waals surface area contributed by atoms with Crippen molar-refractivity contribution in [2.24, 2.45) is 5.92 Å². The van der Waals surface area contributed by atoms with E-state index < -0.39 is 17.6 Å². The fourth-order valence-electron chi connectivity index (χ4n) is 2.12. The number of carboxylic acid groups (broad SMARTS) is 1.